The Kier molecular flexibility index (Phi) is 5.16. The lowest BCUT2D eigenvalue weighted by Crippen LogP contribution is -2.48. The Balaban J connectivity index is 1.93. The minimum Gasteiger partial charge on any atom is -0.354 e. The van der Waals surface area contributed by atoms with Crippen LogP contribution in [-0.2, 0) is 16.0 Å². The van der Waals surface area contributed by atoms with E-state index in [4.69, 9.17) is 0 Å². The Hall–Kier alpha value is -1.91. The standard InChI is InChI=1S/C17H23FN2O2/c1-3-17(4-2)11-19-16(22)15(17)20-14(21)10-7-12-5-8-13(18)9-6-12/h5-6,8-9,15H,3-4,7,10-11H2,1-2H3,(H,19,22)(H,20,21)/t15-/m1/s1. The van der Waals surface area contributed by atoms with Crippen LogP contribution in [0.1, 0.15) is 38.7 Å². The topological polar surface area (TPSA) is 58.2 Å². The summed E-state index contributed by atoms with van der Waals surface area (Å²) < 4.78 is 12.8. The summed E-state index contributed by atoms with van der Waals surface area (Å²) in [5, 5.41) is 5.73. The summed E-state index contributed by atoms with van der Waals surface area (Å²) in [6, 6.07) is 5.66. The first-order chi connectivity index (χ1) is 10.5. The van der Waals surface area contributed by atoms with Crippen LogP contribution in [0.5, 0.6) is 0 Å². The zero-order valence-electron chi connectivity index (χ0n) is 13.1. The van der Waals surface area contributed by atoms with Crippen molar-refractivity contribution in [2.24, 2.45) is 5.41 Å². The van der Waals surface area contributed by atoms with Crippen LogP contribution in [0.4, 0.5) is 4.39 Å². The number of amides is 2. The van der Waals surface area contributed by atoms with E-state index in [1.54, 1.807) is 12.1 Å². The van der Waals surface area contributed by atoms with Gasteiger partial charge in [-0.3, -0.25) is 9.59 Å². The summed E-state index contributed by atoms with van der Waals surface area (Å²) >= 11 is 0. The molecule has 2 rings (SSSR count). The smallest absolute Gasteiger partial charge is 0.243 e. The second kappa shape index (κ2) is 6.90. The molecular weight excluding hydrogens is 283 g/mol. The number of nitrogens with one attached hydrogen (secondary N) is 2. The molecule has 1 aromatic carbocycles. The number of hydrogen-bond acceptors (Lipinski definition) is 2. The monoisotopic (exact) mass is 306 g/mol. The summed E-state index contributed by atoms with van der Waals surface area (Å²) in [6.07, 6.45) is 2.50. The lowest BCUT2D eigenvalue weighted by Gasteiger charge is -2.31. The van der Waals surface area contributed by atoms with Gasteiger partial charge in [0.2, 0.25) is 11.8 Å². The fourth-order valence-corrected chi connectivity index (χ4v) is 3.01. The molecule has 1 heterocycles. The summed E-state index contributed by atoms with van der Waals surface area (Å²) in [5.74, 6) is -0.525. The van der Waals surface area contributed by atoms with Crippen LogP contribution in [-0.4, -0.2) is 24.4 Å². The van der Waals surface area contributed by atoms with Crippen molar-refractivity contribution in [3.05, 3.63) is 35.6 Å². The number of hydrogen-bond donors (Lipinski definition) is 2. The molecule has 0 saturated carbocycles. The van der Waals surface area contributed by atoms with Crippen molar-refractivity contribution < 1.29 is 14.0 Å². The molecule has 1 atom stereocenters. The molecule has 5 heteroatoms. The lowest BCUT2D eigenvalue weighted by molar-refractivity contribution is -0.128. The molecule has 1 aliphatic heterocycles. The Morgan fingerprint density at radius 2 is 1.95 bits per heavy atom. The van der Waals surface area contributed by atoms with E-state index < -0.39 is 6.04 Å². The second-order valence-corrected chi connectivity index (χ2v) is 5.91. The van der Waals surface area contributed by atoms with Gasteiger partial charge in [0.05, 0.1) is 0 Å². The predicted octanol–water partition coefficient (Wildman–Crippen LogP) is 2.18. The first kappa shape index (κ1) is 16.5. The Morgan fingerprint density at radius 3 is 2.55 bits per heavy atom. The number of carbonyl (C=O) groups is 2. The van der Waals surface area contributed by atoms with Gasteiger partial charge in [-0.2, -0.15) is 0 Å². The van der Waals surface area contributed by atoms with Gasteiger partial charge in [0.1, 0.15) is 11.9 Å². The highest BCUT2D eigenvalue weighted by Gasteiger charge is 2.46. The third kappa shape index (κ3) is 3.46. The summed E-state index contributed by atoms with van der Waals surface area (Å²) in [6.45, 7) is 4.70. The van der Waals surface area contributed by atoms with Gasteiger partial charge < -0.3 is 10.6 Å². The van der Waals surface area contributed by atoms with Gasteiger partial charge in [-0.05, 0) is 37.0 Å². The van der Waals surface area contributed by atoms with Crippen molar-refractivity contribution in [1.29, 1.82) is 0 Å². The van der Waals surface area contributed by atoms with Crippen molar-refractivity contribution in [3.63, 3.8) is 0 Å². The van der Waals surface area contributed by atoms with Crippen LogP contribution in [0.2, 0.25) is 0 Å². The maximum Gasteiger partial charge on any atom is 0.243 e. The molecule has 1 saturated heterocycles. The van der Waals surface area contributed by atoms with Crippen molar-refractivity contribution in [3.8, 4) is 0 Å². The molecule has 1 fully saturated rings. The minimum absolute atomic E-state index is 0.0983. The minimum atomic E-state index is -0.455. The van der Waals surface area contributed by atoms with Crippen LogP contribution in [0.3, 0.4) is 0 Å². The molecule has 2 amide bonds. The van der Waals surface area contributed by atoms with Crippen LogP contribution < -0.4 is 10.6 Å². The summed E-state index contributed by atoms with van der Waals surface area (Å²) in [4.78, 5) is 24.1. The predicted molar refractivity (Wildman–Crippen MR) is 82.7 cm³/mol. The lowest BCUT2D eigenvalue weighted by atomic mass is 9.77. The molecule has 0 aliphatic carbocycles. The molecule has 0 aromatic heterocycles. The van der Waals surface area contributed by atoms with E-state index in [2.05, 4.69) is 10.6 Å². The van der Waals surface area contributed by atoms with Crippen molar-refractivity contribution >= 4 is 11.8 Å². The molecular formula is C17H23FN2O2. The molecule has 0 bridgehead atoms. The molecule has 4 nitrogen and oxygen atoms in total. The first-order valence-corrected chi connectivity index (χ1v) is 7.82. The van der Waals surface area contributed by atoms with Crippen LogP contribution in [0.25, 0.3) is 0 Å². The van der Waals surface area contributed by atoms with Gasteiger partial charge in [-0.15, -0.1) is 0 Å². The van der Waals surface area contributed by atoms with Gasteiger partial charge in [0, 0.05) is 18.4 Å². The molecule has 22 heavy (non-hydrogen) atoms. The summed E-state index contributed by atoms with van der Waals surface area (Å²) in [5.41, 5.74) is 0.715. The van der Waals surface area contributed by atoms with Gasteiger partial charge >= 0.3 is 0 Å². The van der Waals surface area contributed by atoms with E-state index in [1.165, 1.54) is 12.1 Å². The maximum absolute atomic E-state index is 12.8. The van der Waals surface area contributed by atoms with Gasteiger partial charge in [0.25, 0.3) is 0 Å². The SMILES string of the molecule is CCC1(CC)CNC(=O)[C@H]1NC(=O)CCc1ccc(F)cc1. The first-order valence-electron chi connectivity index (χ1n) is 7.82. The van der Waals surface area contributed by atoms with Crippen LogP contribution >= 0.6 is 0 Å². The Bertz CT molecular complexity index is 538. The maximum atomic E-state index is 12.8. The quantitative estimate of drug-likeness (QED) is 0.846. The van der Waals surface area contributed by atoms with E-state index in [9.17, 15) is 14.0 Å². The highest BCUT2D eigenvalue weighted by molar-refractivity contribution is 5.90. The van der Waals surface area contributed by atoms with E-state index in [1.807, 2.05) is 13.8 Å². The number of rotatable bonds is 6. The number of benzene rings is 1. The number of halogens is 1. The molecule has 0 unspecified atom stereocenters. The van der Waals surface area contributed by atoms with E-state index in [0.29, 0.717) is 19.4 Å². The molecule has 1 aliphatic rings. The molecule has 0 spiro atoms. The number of carbonyl (C=O) groups excluding carboxylic acids is 2. The fourth-order valence-electron chi connectivity index (χ4n) is 3.01. The van der Waals surface area contributed by atoms with Crippen LogP contribution in [0.15, 0.2) is 24.3 Å². The zero-order chi connectivity index (χ0) is 16.2. The normalized spacial score (nSPS) is 19.8. The van der Waals surface area contributed by atoms with Crippen molar-refractivity contribution in [2.45, 2.75) is 45.6 Å². The molecule has 1 aromatic rings. The Labute approximate surface area is 130 Å². The van der Waals surface area contributed by atoms with Crippen LogP contribution in [0, 0.1) is 11.2 Å². The summed E-state index contributed by atoms with van der Waals surface area (Å²) in [7, 11) is 0. The third-order valence-corrected chi connectivity index (χ3v) is 4.76. The van der Waals surface area contributed by atoms with E-state index >= 15 is 0 Å². The third-order valence-electron chi connectivity index (χ3n) is 4.76. The van der Waals surface area contributed by atoms with Gasteiger partial charge in [0.15, 0.2) is 0 Å². The molecule has 2 N–H and O–H groups in total. The fraction of sp³-hybridized carbons (Fsp3) is 0.529. The Morgan fingerprint density at radius 1 is 1.32 bits per heavy atom. The average Bonchev–Trinajstić information content (AvgIpc) is 2.84. The number of aryl methyl sites for hydroxylation is 1. The average molecular weight is 306 g/mol. The molecule has 120 valence electrons. The highest BCUT2D eigenvalue weighted by atomic mass is 19.1. The highest BCUT2D eigenvalue weighted by Crippen LogP contribution is 2.34. The van der Waals surface area contributed by atoms with Crippen molar-refractivity contribution in [1.82, 2.24) is 10.6 Å². The van der Waals surface area contributed by atoms with E-state index in [0.717, 1.165) is 18.4 Å². The molecule has 0 radical (unpaired) electrons. The van der Waals surface area contributed by atoms with E-state index in [-0.39, 0.29) is 23.0 Å². The zero-order valence-corrected chi connectivity index (χ0v) is 13.1. The second-order valence-electron chi connectivity index (χ2n) is 5.91. The van der Waals surface area contributed by atoms with Crippen molar-refractivity contribution in [2.75, 3.05) is 6.54 Å². The van der Waals surface area contributed by atoms with Gasteiger partial charge in [-0.25, -0.2) is 4.39 Å². The largest absolute Gasteiger partial charge is 0.354 e. The van der Waals surface area contributed by atoms with Gasteiger partial charge in [-0.1, -0.05) is 26.0 Å².